The lowest BCUT2D eigenvalue weighted by molar-refractivity contribution is 0.436. The molecule has 54 heavy (non-hydrogen) atoms. The van der Waals surface area contributed by atoms with Gasteiger partial charge in [-0.15, -0.1) is 0 Å². The first-order valence-electron chi connectivity index (χ1n) is 18.6. The standard InChI is InChI=1S/C53H36O/c1-5-17-39(18-6-1)45(40-19-7-2-8-20-40)33-37-29-31-44-43-25-13-14-26-47(43)53(49(44)35-37)48-27-15-16-28-51(48)54-52-32-30-38(36-50(52)53)34-46(41-21-9-3-10-22-41)42-23-11-4-12-24-42/h1-36H. The topological polar surface area (TPSA) is 9.23 Å². The summed E-state index contributed by atoms with van der Waals surface area (Å²) in [6, 6.07) is 74.0. The van der Waals surface area contributed by atoms with Gasteiger partial charge in [-0.05, 0) is 103 Å². The fourth-order valence-corrected chi connectivity index (χ4v) is 8.59. The van der Waals surface area contributed by atoms with Gasteiger partial charge in [-0.2, -0.15) is 0 Å². The Hall–Kier alpha value is -6.96. The summed E-state index contributed by atoms with van der Waals surface area (Å²) in [6.45, 7) is 0. The molecule has 10 rings (SSSR count). The minimum atomic E-state index is -0.594. The highest BCUT2D eigenvalue weighted by Gasteiger charge is 2.51. The third kappa shape index (κ3) is 5.25. The van der Waals surface area contributed by atoms with Crippen molar-refractivity contribution >= 4 is 23.3 Å². The Bertz CT molecular complexity index is 2620. The summed E-state index contributed by atoms with van der Waals surface area (Å²) < 4.78 is 6.80. The highest BCUT2D eigenvalue weighted by atomic mass is 16.5. The van der Waals surface area contributed by atoms with E-state index in [2.05, 4.69) is 218 Å². The van der Waals surface area contributed by atoms with Crippen molar-refractivity contribution in [2.24, 2.45) is 0 Å². The Balaban J connectivity index is 1.23. The van der Waals surface area contributed by atoms with Crippen molar-refractivity contribution in [2.45, 2.75) is 5.41 Å². The van der Waals surface area contributed by atoms with Crippen molar-refractivity contribution in [3.05, 3.63) is 262 Å². The zero-order chi connectivity index (χ0) is 35.9. The molecule has 2 aliphatic rings. The van der Waals surface area contributed by atoms with Crippen LogP contribution in [0.25, 0.3) is 34.4 Å². The maximum absolute atomic E-state index is 6.80. The largest absolute Gasteiger partial charge is 0.457 e. The van der Waals surface area contributed by atoms with Gasteiger partial charge in [0.1, 0.15) is 11.5 Å². The third-order valence-corrected chi connectivity index (χ3v) is 10.9. The Labute approximate surface area is 316 Å². The highest BCUT2D eigenvalue weighted by Crippen LogP contribution is 2.62. The number of hydrogen-bond acceptors (Lipinski definition) is 1. The van der Waals surface area contributed by atoms with E-state index in [0.29, 0.717) is 0 Å². The predicted molar refractivity (Wildman–Crippen MR) is 224 cm³/mol. The molecule has 1 spiro atoms. The van der Waals surface area contributed by atoms with E-state index < -0.39 is 5.41 Å². The summed E-state index contributed by atoms with van der Waals surface area (Å²) in [5.74, 6) is 1.77. The second kappa shape index (κ2) is 13.2. The molecular formula is C53H36O. The molecule has 0 saturated heterocycles. The molecule has 0 radical (unpaired) electrons. The van der Waals surface area contributed by atoms with E-state index in [1.165, 1.54) is 55.7 Å². The van der Waals surface area contributed by atoms with Gasteiger partial charge in [0.05, 0.1) is 5.41 Å². The number of fused-ring (bicyclic) bond motifs is 9. The van der Waals surface area contributed by atoms with Crippen LogP contribution in [0.1, 0.15) is 55.6 Å². The predicted octanol–water partition coefficient (Wildman–Crippen LogP) is 13.3. The average Bonchev–Trinajstić information content (AvgIpc) is 3.53. The zero-order valence-corrected chi connectivity index (χ0v) is 29.7. The third-order valence-electron chi connectivity index (χ3n) is 10.9. The molecule has 8 aromatic rings. The maximum atomic E-state index is 6.80. The first-order valence-corrected chi connectivity index (χ1v) is 18.6. The minimum absolute atomic E-state index is 0.594. The summed E-state index contributed by atoms with van der Waals surface area (Å²) in [5, 5.41) is 0. The van der Waals surface area contributed by atoms with Crippen LogP contribution in [-0.2, 0) is 5.41 Å². The molecule has 0 fully saturated rings. The highest BCUT2D eigenvalue weighted by molar-refractivity contribution is 5.95. The van der Waals surface area contributed by atoms with E-state index in [1.807, 2.05) is 0 Å². The van der Waals surface area contributed by atoms with Gasteiger partial charge in [-0.1, -0.05) is 182 Å². The molecular weight excluding hydrogens is 653 g/mol. The molecule has 1 unspecified atom stereocenters. The van der Waals surface area contributed by atoms with Crippen LogP contribution in [0.4, 0.5) is 0 Å². The van der Waals surface area contributed by atoms with Gasteiger partial charge in [-0.25, -0.2) is 0 Å². The summed E-state index contributed by atoms with van der Waals surface area (Å²) in [4.78, 5) is 0. The van der Waals surface area contributed by atoms with E-state index in [1.54, 1.807) is 0 Å². The van der Waals surface area contributed by atoms with Gasteiger partial charge in [0.15, 0.2) is 0 Å². The van der Waals surface area contributed by atoms with Crippen molar-refractivity contribution in [3.63, 3.8) is 0 Å². The average molecular weight is 689 g/mol. The van der Waals surface area contributed by atoms with Crippen LogP contribution in [0.2, 0.25) is 0 Å². The molecule has 0 aromatic heterocycles. The van der Waals surface area contributed by atoms with Gasteiger partial charge >= 0.3 is 0 Å². The summed E-state index contributed by atoms with van der Waals surface area (Å²) in [6.07, 6.45) is 4.67. The van der Waals surface area contributed by atoms with E-state index >= 15 is 0 Å². The molecule has 1 atom stereocenters. The molecule has 1 heteroatoms. The van der Waals surface area contributed by atoms with Crippen molar-refractivity contribution in [1.29, 1.82) is 0 Å². The van der Waals surface area contributed by atoms with Crippen LogP contribution in [0.5, 0.6) is 11.5 Å². The zero-order valence-electron chi connectivity index (χ0n) is 29.7. The Morgan fingerprint density at radius 3 is 1.30 bits per heavy atom. The number of para-hydroxylation sites is 1. The molecule has 8 aromatic carbocycles. The number of benzene rings is 8. The lowest BCUT2D eigenvalue weighted by Crippen LogP contribution is -2.32. The molecule has 0 saturated carbocycles. The fraction of sp³-hybridized carbons (Fsp3) is 0.0189. The molecule has 1 aliphatic carbocycles. The fourth-order valence-electron chi connectivity index (χ4n) is 8.59. The quantitative estimate of drug-likeness (QED) is 0.158. The molecule has 0 bridgehead atoms. The first-order chi connectivity index (χ1) is 26.8. The lowest BCUT2D eigenvalue weighted by atomic mass is 9.65. The maximum Gasteiger partial charge on any atom is 0.132 e. The van der Waals surface area contributed by atoms with Crippen molar-refractivity contribution in [2.75, 3.05) is 0 Å². The van der Waals surface area contributed by atoms with Gasteiger partial charge in [-0.3, -0.25) is 0 Å². The smallest absolute Gasteiger partial charge is 0.132 e. The molecule has 1 heterocycles. The SMILES string of the molecule is C(=C(c1ccccc1)c1ccccc1)c1ccc2c(c1)C1(c3ccccc3O2)c2ccccc2-c2ccc(C=C(c3ccccc3)c3ccccc3)cc21. The minimum Gasteiger partial charge on any atom is -0.457 e. The van der Waals surface area contributed by atoms with Gasteiger partial charge in [0, 0.05) is 11.1 Å². The molecule has 0 amide bonds. The van der Waals surface area contributed by atoms with E-state index in [0.717, 1.165) is 33.8 Å². The number of hydrogen-bond donors (Lipinski definition) is 0. The summed E-state index contributed by atoms with van der Waals surface area (Å²) in [5.41, 5.74) is 16.1. The van der Waals surface area contributed by atoms with Gasteiger partial charge < -0.3 is 4.74 Å². The van der Waals surface area contributed by atoms with Crippen LogP contribution < -0.4 is 4.74 Å². The Kier molecular flexibility index (Phi) is 7.78. The normalized spacial score (nSPS) is 14.5. The Morgan fingerprint density at radius 1 is 0.333 bits per heavy atom. The second-order valence-electron chi connectivity index (χ2n) is 14.0. The molecule has 254 valence electrons. The monoisotopic (exact) mass is 688 g/mol. The van der Waals surface area contributed by atoms with E-state index in [-0.39, 0.29) is 0 Å². The van der Waals surface area contributed by atoms with Crippen LogP contribution in [0.15, 0.2) is 206 Å². The Morgan fingerprint density at radius 2 is 0.741 bits per heavy atom. The number of ether oxygens (including phenoxy) is 1. The molecule has 1 aliphatic heterocycles. The second-order valence-corrected chi connectivity index (χ2v) is 14.0. The lowest BCUT2D eigenvalue weighted by Gasteiger charge is -2.39. The summed E-state index contributed by atoms with van der Waals surface area (Å²) >= 11 is 0. The van der Waals surface area contributed by atoms with Crippen molar-refractivity contribution in [1.82, 2.24) is 0 Å². The van der Waals surface area contributed by atoms with E-state index in [9.17, 15) is 0 Å². The van der Waals surface area contributed by atoms with Gasteiger partial charge in [0.2, 0.25) is 0 Å². The van der Waals surface area contributed by atoms with Crippen molar-refractivity contribution < 1.29 is 4.74 Å². The number of rotatable bonds is 6. The van der Waals surface area contributed by atoms with Crippen LogP contribution in [0, 0.1) is 0 Å². The van der Waals surface area contributed by atoms with Crippen LogP contribution in [-0.4, -0.2) is 0 Å². The van der Waals surface area contributed by atoms with Gasteiger partial charge in [0.25, 0.3) is 0 Å². The summed E-state index contributed by atoms with van der Waals surface area (Å²) in [7, 11) is 0. The first kappa shape index (κ1) is 31.7. The van der Waals surface area contributed by atoms with Crippen LogP contribution in [0.3, 0.4) is 0 Å². The van der Waals surface area contributed by atoms with E-state index in [4.69, 9.17) is 4.74 Å². The van der Waals surface area contributed by atoms with Crippen molar-refractivity contribution in [3.8, 4) is 22.6 Å². The molecule has 1 nitrogen and oxygen atoms in total. The molecule has 0 N–H and O–H groups in total. The van der Waals surface area contributed by atoms with Crippen LogP contribution >= 0.6 is 0 Å².